The molecule has 5 nitrogen and oxygen atoms in total. The van der Waals surface area contributed by atoms with Crippen molar-refractivity contribution in [2.75, 3.05) is 13.1 Å². The Morgan fingerprint density at radius 2 is 2.00 bits per heavy atom. The van der Waals surface area contributed by atoms with Gasteiger partial charge in [-0.15, -0.1) is 0 Å². The molecule has 0 spiro atoms. The van der Waals surface area contributed by atoms with E-state index in [9.17, 15) is 9.18 Å². The number of carbonyl (C=O) groups excluding carboxylic acids is 1. The Morgan fingerprint density at radius 1 is 1.38 bits per heavy atom. The number of halogens is 1. The number of nitriles is 2. The first-order valence-corrected chi connectivity index (χ1v) is 4.34. The van der Waals surface area contributed by atoms with Crippen LogP contribution in [-0.4, -0.2) is 28.9 Å². The molecule has 80 valence electrons. The molecule has 0 aliphatic heterocycles. The quantitative estimate of drug-likeness (QED) is 0.552. The van der Waals surface area contributed by atoms with Gasteiger partial charge < -0.3 is 4.90 Å². The largest absolute Gasteiger partial charge is 0.311 e. The molecular weight excluding hydrogens is 211 g/mol. The topological polar surface area (TPSA) is 80.8 Å². The van der Waals surface area contributed by atoms with Gasteiger partial charge in [0.2, 0.25) is 5.95 Å². The maximum atomic E-state index is 12.8. The lowest BCUT2D eigenvalue weighted by Crippen LogP contribution is -2.32. The van der Waals surface area contributed by atoms with Gasteiger partial charge in [-0.05, 0) is 12.1 Å². The van der Waals surface area contributed by atoms with E-state index in [2.05, 4.69) is 4.98 Å². The third kappa shape index (κ3) is 2.76. The Morgan fingerprint density at radius 3 is 2.50 bits per heavy atom. The molecule has 1 aromatic rings. The Labute approximate surface area is 91.3 Å². The highest BCUT2D eigenvalue weighted by Crippen LogP contribution is 2.02. The number of hydrogen-bond donors (Lipinski definition) is 0. The molecule has 0 saturated heterocycles. The van der Waals surface area contributed by atoms with Gasteiger partial charge in [0.15, 0.2) is 0 Å². The predicted molar refractivity (Wildman–Crippen MR) is 51.3 cm³/mol. The van der Waals surface area contributed by atoms with E-state index >= 15 is 0 Å². The minimum Gasteiger partial charge on any atom is -0.311 e. The van der Waals surface area contributed by atoms with Gasteiger partial charge in [-0.2, -0.15) is 14.9 Å². The first kappa shape index (κ1) is 11.6. The standard InChI is InChI=1S/C10H7FN4O/c11-9-3-1-2-8(14-9)10(16)15(6-4-12)7-5-13/h1-3H,6-7H2. The molecule has 0 aliphatic carbocycles. The average molecular weight is 218 g/mol. The summed E-state index contributed by atoms with van der Waals surface area (Å²) in [6.07, 6.45) is 0. The van der Waals surface area contributed by atoms with Crippen molar-refractivity contribution in [3.05, 3.63) is 29.8 Å². The zero-order valence-electron chi connectivity index (χ0n) is 8.22. The van der Waals surface area contributed by atoms with Crippen LogP contribution in [0.15, 0.2) is 18.2 Å². The molecular formula is C10H7FN4O. The van der Waals surface area contributed by atoms with Crippen molar-refractivity contribution < 1.29 is 9.18 Å². The van der Waals surface area contributed by atoms with Crippen molar-refractivity contribution in [3.63, 3.8) is 0 Å². The lowest BCUT2D eigenvalue weighted by molar-refractivity contribution is 0.0787. The molecule has 0 aromatic carbocycles. The van der Waals surface area contributed by atoms with E-state index in [-0.39, 0.29) is 18.8 Å². The second kappa shape index (κ2) is 5.42. The second-order valence-corrected chi connectivity index (χ2v) is 2.82. The average Bonchev–Trinajstić information content (AvgIpc) is 2.28. The number of pyridine rings is 1. The Hall–Kier alpha value is -2.47. The van der Waals surface area contributed by atoms with Crippen molar-refractivity contribution >= 4 is 5.91 Å². The van der Waals surface area contributed by atoms with E-state index in [0.717, 1.165) is 11.0 Å². The molecule has 0 atom stereocenters. The highest BCUT2D eigenvalue weighted by atomic mass is 19.1. The zero-order valence-corrected chi connectivity index (χ0v) is 8.22. The SMILES string of the molecule is N#CCN(CC#N)C(=O)c1cccc(F)n1. The Bertz CT molecular complexity index is 458. The number of aromatic nitrogens is 1. The molecule has 1 amide bonds. The van der Waals surface area contributed by atoms with Crippen LogP contribution in [-0.2, 0) is 0 Å². The summed E-state index contributed by atoms with van der Waals surface area (Å²) in [6, 6.07) is 7.27. The summed E-state index contributed by atoms with van der Waals surface area (Å²) < 4.78 is 12.8. The fourth-order valence-corrected chi connectivity index (χ4v) is 1.06. The first-order chi connectivity index (χ1) is 7.69. The third-order valence-corrected chi connectivity index (χ3v) is 1.74. The summed E-state index contributed by atoms with van der Waals surface area (Å²) in [6.45, 7) is -0.463. The van der Waals surface area contributed by atoms with Crippen LogP contribution < -0.4 is 0 Å². The predicted octanol–water partition coefficient (Wildman–Crippen LogP) is 0.710. The fraction of sp³-hybridized carbons (Fsp3) is 0.200. The van der Waals surface area contributed by atoms with E-state index in [1.807, 2.05) is 0 Å². The smallest absolute Gasteiger partial charge is 0.274 e. The van der Waals surface area contributed by atoms with Gasteiger partial charge in [0.1, 0.15) is 18.8 Å². The summed E-state index contributed by atoms with van der Waals surface area (Å²) in [5.74, 6) is -1.41. The molecule has 6 heteroatoms. The first-order valence-electron chi connectivity index (χ1n) is 4.34. The minimum atomic E-state index is -0.778. The monoisotopic (exact) mass is 218 g/mol. The molecule has 0 unspecified atom stereocenters. The van der Waals surface area contributed by atoms with Gasteiger partial charge in [-0.3, -0.25) is 4.79 Å². The summed E-state index contributed by atoms with van der Waals surface area (Å²) in [4.78, 5) is 16.0. The molecule has 0 fully saturated rings. The van der Waals surface area contributed by atoms with Crippen molar-refractivity contribution in [1.29, 1.82) is 10.5 Å². The van der Waals surface area contributed by atoms with Gasteiger partial charge in [0, 0.05) is 0 Å². The van der Waals surface area contributed by atoms with Crippen molar-refractivity contribution in [1.82, 2.24) is 9.88 Å². The molecule has 0 saturated carbocycles. The summed E-state index contributed by atoms with van der Waals surface area (Å²) in [5, 5.41) is 16.9. The molecule has 16 heavy (non-hydrogen) atoms. The van der Waals surface area contributed by atoms with Crippen LogP contribution >= 0.6 is 0 Å². The van der Waals surface area contributed by atoms with Crippen LogP contribution in [0.1, 0.15) is 10.5 Å². The number of amides is 1. The number of carbonyl (C=O) groups is 1. The van der Waals surface area contributed by atoms with Crippen LogP contribution in [0.25, 0.3) is 0 Å². The van der Waals surface area contributed by atoms with Crippen LogP contribution in [0.5, 0.6) is 0 Å². The molecule has 0 aliphatic rings. The summed E-state index contributed by atoms with van der Waals surface area (Å²) >= 11 is 0. The summed E-state index contributed by atoms with van der Waals surface area (Å²) in [7, 11) is 0. The highest BCUT2D eigenvalue weighted by molar-refractivity contribution is 5.92. The Balaban J connectivity index is 2.91. The van der Waals surface area contributed by atoms with Crippen LogP contribution in [0.3, 0.4) is 0 Å². The number of nitrogens with zero attached hydrogens (tertiary/aromatic N) is 4. The van der Waals surface area contributed by atoms with E-state index in [1.165, 1.54) is 12.1 Å². The lowest BCUT2D eigenvalue weighted by atomic mass is 10.3. The maximum absolute atomic E-state index is 12.8. The molecule has 0 radical (unpaired) electrons. The van der Waals surface area contributed by atoms with Crippen LogP contribution in [0.2, 0.25) is 0 Å². The van der Waals surface area contributed by atoms with E-state index in [4.69, 9.17) is 10.5 Å². The maximum Gasteiger partial charge on any atom is 0.274 e. The molecule has 0 N–H and O–H groups in total. The van der Waals surface area contributed by atoms with Gasteiger partial charge in [0.25, 0.3) is 5.91 Å². The molecule has 1 rings (SSSR count). The zero-order chi connectivity index (χ0) is 12.0. The van der Waals surface area contributed by atoms with Gasteiger partial charge >= 0.3 is 0 Å². The highest BCUT2D eigenvalue weighted by Gasteiger charge is 2.16. The second-order valence-electron chi connectivity index (χ2n) is 2.82. The third-order valence-electron chi connectivity index (χ3n) is 1.74. The van der Waals surface area contributed by atoms with E-state index in [0.29, 0.717) is 0 Å². The van der Waals surface area contributed by atoms with Gasteiger partial charge in [-0.1, -0.05) is 6.07 Å². The minimum absolute atomic E-state index is 0.120. The van der Waals surface area contributed by atoms with Crippen molar-refractivity contribution in [3.8, 4) is 12.1 Å². The number of hydrogen-bond acceptors (Lipinski definition) is 4. The summed E-state index contributed by atoms with van der Waals surface area (Å²) in [5.41, 5.74) is -0.120. The van der Waals surface area contributed by atoms with E-state index in [1.54, 1.807) is 12.1 Å². The van der Waals surface area contributed by atoms with Crippen LogP contribution in [0.4, 0.5) is 4.39 Å². The molecule has 0 bridgehead atoms. The molecule has 1 aromatic heterocycles. The van der Waals surface area contributed by atoms with Crippen molar-refractivity contribution in [2.45, 2.75) is 0 Å². The number of rotatable bonds is 3. The van der Waals surface area contributed by atoms with Gasteiger partial charge in [0.05, 0.1) is 12.1 Å². The van der Waals surface area contributed by atoms with Gasteiger partial charge in [-0.25, -0.2) is 4.98 Å². The van der Waals surface area contributed by atoms with E-state index < -0.39 is 11.9 Å². The lowest BCUT2D eigenvalue weighted by Gasteiger charge is -2.14. The normalized spacial score (nSPS) is 8.94. The molecule has 1 heterocycles. The Kier molecular flexibility index (Phi) is 3.93. The van der Waals surface area contributed by atoms with Crippen LogP contribution in [0, 0.1) is 28.6 Å². The van der Waals surface area contributed by atoms with Crippen molar-refractivity contribution in [2.24, 2.45) is 0 Å². The fourth-order valence-electron chi connectivity index (χ4n) is 1.06.